The number of Topliss-reactive ketones (excluding diaryl/α,β-unsaturated/α-hetero) is 1. The molecule has 0 N–H and O–H groups in total. The van der Waals surface area contributed by atoms with E-state index in [2.05, 4.69) is 10.1 Å². The molecule has 2 unspecified atom stereocenters. The van der Waals surface area contributed by atoms with E-state index in [1.165, 1.54) is 0 Å². The van der Waals surface area contributed by atoms with E-state index in [0.29, 0.717) is 17.5 Å². The third kappa shape index (κ3) is 3.37. The predicted octanol–water partition coefficient (Wildman–Crippen LogP) is 1.47. The van der Waals surface area contributed by atoms with Crippen LogP contribution in [-0.4, -0.2) is 47.4 Å². The summed E-state index contributed by atoms with van der Waals surface area (Å²) >= 11 is 1.85. The Morgan fingerprint density at radius 2 is 1.91 bits per heavy atom. The van der Waals surface area contributed by atoms with Crippen LogP contribution in [0.1, 0.15) is 37.4 Å². The van der Waals surface area contributed by atoms with Crippen molar-refractivity contribution in [3.05, 3.63) is 11.7 Å². The third-order valence-electron chi connectivity index (χ3n) is 4.49. The van der Waals surface area contributed by atoms with Gasteiger partial charge in [-0.2, -0.15) is 16.7 Å². The molecule has 0 amide bonds. The largest absolute Gasteiger partial charge is 0.339 e. The lowest BCUT2D eigenvalue weighted by Crippen LogP contribution is -2.38. The van der Waals surface area contributed by atoms with E-state index in [4.69, 9.17) is 4.52 Å². The van der Waals surface area contributed by atoms with Crippen molar-refractivity contribution in [3.63, 3.8) is 0 Å². The third-order valence-corrected chi connectivity index (χ3v) is 7.47. The molecular formula is C14H20N2O4S2. The molecule has 1 aliphatic carbocycles. The van der Waals surface area contributed by atoms with Gasteiger partial charge in [-0.1, -0.05) is 12.1 Å². The Hall–Kier alpha value is -0.890. The van der Waals surface area contributed by atoms with Crippen LogP contribution in [0.4, 0.5) is 0 Å². The highest BCUT2D eigenvalue weighted by atomic mass is 32.2. The minimum atomic E-state index is -3.02. The molecule has 122 valence electrons. The van der Waals surface area contributed by atoms with Gasteiger partial charge in [0, 0.05) is 41.4 Å². The summed E-state index contributed by atoms with van der Waals surface area (Å²) in [6.45, 7) is 1.63. The first-order valence-corrected chi connectivity index (χ1v) is 10.6. The average molecular weight is 344 g/mol. The molecule has 6 nitrogen and oxygen atoms in total. The summed E-state index contributed by atoms with van der Waals surface area (Å²) < 4.78 is 28.4. The van der Waals surface area contributed by atoms with Crippen molar-refractivity contribution in [2.24, 2.45) is 11.8 Å². The number of ketones is 1. The smallest absolute Gasteiger partial charge is 0.229 e. The molecule has 1 aromatic rings. The second kappa shape index (κ2) is 6.31. The summed E-state index contributed by atoms with van der Waals surface area (Å²) in [5.41, 5.74) is 0. The summed E-state index contributed by atoms with van der Waals surface area (Å²) in [5.74, 6) is 3.72. The molecule has 2 atom stereocenters. The number of thioether (sulfide) groups is 1. The Labute approximate surface area is 134 Å². The number of fused-ring (bicyclic) bond motifs is 2. The number of carbonyl (C=O) groups excluding carboxylic acids is 1. The highest BCUT2D eigenvalue weighted by Gasteiger charge is 2.41. The van der Waals surface area contributed by atoms with E-state index >= 15 is 0 Å². The normalized spacial score (nSPS) is 28.8. The molecule has 1 aliphatic heterocycles. The summed E-state index contributed by atoms with van der Waals surface area (Å²) in [5, 5.41) is 3.90. The summed E-state index contributed by atoms with van der Waals surface area (Å²) in [6.07, 6.45) is 1.84. The first-order valence-electron chi connectivity index (χ1n) is 7.63. The Morgan fingerprint density at radius 3 is 2.55 bits per heavy atom. The molecule has 22 heavy (non-hydrogen) atoms. The zero-order chi connectivity index (χ0) is 15.7. The lowest BCUT2D eigenvalue weighted by molar-refractivity contribution is -0.128. The van der Waals surface area contributed by atoms with Gasteiger partial charge in [-0.15, -0.1) is 0 Å². The van der Waals surface area contributed by atoms with Crippen molar-refractivity contribution in [3.8, 4) is 0 Å². The minimum Gasteiger partial charge on any atom is -0.339 e. The van der Waals surface area contributed by atoms with Crippen molar-refractivity contribution in [1.82, 2.24) is 10.1 Å². The first kappa shape index (κ1) is 16.0. The van der Waals surface area contributed by atoms with E-state index in [-0.39, 0.29) is 35.7 Å². The van der Waals surface area contributed by atoms with Crippen LogP contribution in [0.5, 0.6) is 0 Å². The molecular weight excluding hydrogens is 324 g/mol. The topological polar surface area (TPSA) is 90.1 Å². The van der Waals surface area contributed by atoms with Crippen LogP contribution in [-0.2, 0) is 21.1 Å². The molecule has 0 radical (unpaired) electrons. The molecule has 2 fully saturated rings. The Bertz CT molecular complexity index is 640. The second-order valence-corrected chi connectivity index (χ2v) is 9.58. The second-order valence-electron chi connectivity index (χ2n) is 6.04. The van der Waals surface area contributed by atoms with E-state index in [1.54, 1.807) is 6.92 Å². The summed E-state index contributed by atoms with van der Waals surface area (Å²) in [7, 11) is -3.02. The fourth-order valence-electron chi connectivity index (χ4n) is 3.13. The molecule has 2 heterocycles. The van der Waals surface area contributed by atoms with Crippen LogP contribution < -0.4 is 0 Å². The highest BCUT2D eigenvalue weighted by Crippen LogP contribution is 2.42. The maximum absolute atomic E-state index is 12.1. The van der Waals surface area contributed by atoms with Gasteiger partial charge in [0.25, 0.3) is 0 Å². The van der Waals surface area contributed by atoms with Gasteiger partial charge in [0.2, 0.25) is 5.89 Å². The number of nitrogens with zero attached hydrogens (tertiary/aromatic N) is 2. The van der Waals surface area contributed by atoms with Gasteiger partial charge >= 0.3 is 0 Å². The van der Waals surface area contributed by atoms with Crippen LogP contribution in [0, 0.1) is 11.8 Å². The average Bonchev–Trinajstić information content (AvgIpc) is 2.94. The predicted molar refractivity (Wildman–Crippen MR) is 83.6 cm³/mol. The minimum absolute atomic E-state index is 0.0491. The number of carbonyl (C=O) groups is 1. The van der Waals surface area contributed by atoms with Crippen LogP contribution in [0.15, 0.2) is 4.52 Å². The van der Waals surface area contributed by atoms with Crippen LogP contribution in [0.3, 0.4) is 0 Å². The first-order chi connectivity index (χ1) is 10.5. The maximum atomic E-state index is 12.1. The summed E-state index contributed by atoms with van der Waals surface area (Å²) in [4.78, 5) is 16.5. The fraction of sp³-hybridized carbons (Fsp3) is 0.786. The number of rotatable bonds is 5. The van der Waals surface area contributed by atoms with Gasteiger partial charge in [-0.05, 0) is 12.8 Å². The molecule has 1 aromatic heterocycles. The lowest BCUT2D eigenvalue weighted by Gasteiger charge is -2.35. The Balaban J connectivity index is 1.65. The van der Waals surface area contributed by atoms with Crippen LogP contribution in [0.2, 0.25) is 0 Å². The molecule has 2 bridgehead atoms. The van der Waals surface area contributed by atoms with Crippen LogP contribution in [0.25, 0.3) is 0 Å². The Morgan fingerprint density at radius 1 is 1.23 bits per heavy atom. The maximum Gasteiger partial charge on any atom is 0.229 e. The van der Waals surface area contributed by atoms with Crippen molar-refractivity contribution >= 4 is 27.4 Å². The van der Waals surface area contributed by atoms with E-state index in [1.807, 2.05) is 11.8 Å². The molecule has 8 heteroatoms. The van der Waals surface area contributed by atoms with Gasteiger partial charge in [-0.3, -0.25) is 4.79 Å². The van der Waals surface area contributed by atoms with Gasteiger partial charge in [0.05, 0.1) is 5.75 Å². The van der Waals surface area contributed by atoms with E-state index in [0.717, 1.165) is 24.3 Å². The molecule has 0 aromatic carbocycles. The van der Waals surface area contributed by atoms with Gasteiger partial charge in [-0.25, -0.2) is 8.42 Å². The highest BCUT2D eigenvalue weighted by molar-refractivity contribution is 7.99. The standard InChI is InChI=1S/C14H20N2O4S2/c1-2-22(18,19)4-3-12-15-14(20-16-12)9-5-10-7-21-8-11(6-9)13(10)17/h9-11H,2-8H2,1H3. The molecule has 2 aliphatic rings. The zero-order valence-electron chi connectivity index (χ0n) is 12.5. The number of hydrogen-bond donors (Lipinski definition) is 0. The van der Waals surface area contributed by atoms with Crippen molar-refractivity contribution < 1.29 is 17.7 Å². The quantitative estimate of drug-likeness (QED) is 0.799. The lowest BCUT2D eigenvalue weighted by atomic mass is 9.75. The van der Waals surface area contributed by atoms with Gasteiger partial charge < -0.3 is 4.52 Å². The van der Waals surface area contributed by atoms with Crippen LogP contribution >= 0.6 is 11.8 Å². The van der Waals surface area contributed by atoms with Crippen molar-refractivity contribution in [2.75, 3.05) is 23.0 Å². The van der Waals surface area contributed by atoms with E-state index < -0.39 is 9.84 Å². The molecule has 3 rings (SSSR count). The molecule has 1 saturated heterocycles. The number of aryl methyl sites for hydroxylation is 1. The van der Waals surface area contributed by atoms with E-state index in [9.17, 15) is 13.2 Å². The molecule has 0 spiro atoms. The fourth-order valence-corrected chi connectivity index (χ4v) is 5.22. The van der Waals surface area contributed by atoms with Gasteiger partial charge in [0.15, 0.2) is 5.82 Å². The number of hydrogen-bond acceptors (Lipinski definition) is 7. The van der Waals surface area contributed by atoms with Crippen molar-refractivity contribution in [2.45, 2.75) is 32.1 Å². The Kier molecular flexibility index (Phi) is 4.59. The summed E-state index contributed by atoms with van der Waals surface area (Å²) in [6, 6.07) is 0. The molecule has 1 saturated carbocycles. The zero-order valence-corrected chi connectivity index (χ0v) is 14.2. The van der Waals surface area contributed by atoms with Crippen molar-refractivity contribution in [1.29, 1.82) is 0 Å². The SMILES string of the molecule is CCS(=O)(=O)CCc1noc(C2CC3CSCC(C2)C3=O)n1. The monoisotopic (exact) mass is 344 g/mol. The number of aromatic nitrogens is 2. The number of sulfone groups is 1. The van der Waals surface area contributed by atoms with Gasteiger partial charge in [0.1, 0.15) is 15.6 Å².